The monoisotopic (exact) mass is 392 g/mol. The number of ether oxygens (including phenoxy) is 1. The second-order valence-corrected chi connectivity index (χ2v) is 7.28. The Balaban J connectivity index is 1.34. The molecule has 0 unspecified atom stereocenters. The van der Waals surface area contributed by atoms with Gasteiger partial charge in [0.2, 0.25) is 5.76 Å². The summed E-state index contributed by atoms with van der Waals surface area (Å²) in [5, 5.41) is 3.60. The van der Waals surface area contributed by atoms with Crippen LogP contribution in [0.1, 0.15) is 36.7 Å². The van der Waals surface area contributed by atoms with Crippen molar-refractivity contribution in [3.63, 3.8) is 0 Å². The Morgan fingerprint density at radius 2 is 1.76 bits per heavy atom. The van der Waals surface area contributed by atoms with Crippen LogP contribution in [0.4, 0.5) is 11.4 Å². The van der Waals surface area contributed by atoms with Crippen LogP contribution in [-0.4, -0.2) is 31.1 Å². The fraction of sp³-hybridized carbons (Fsp3) is 0.304. The van der Waals surface area contributed by atoms with Gasteiger partial charge < -0.3 is 19.4 Å². The number of fused-ring (bicyclic) bond motifs is 1. The van der Waals surface area contributed by atoms with Crippen LogP contribution in [0.25, 0.3) is 11.0 Å². The Morgan fingerprint density at radius 3 is 2.48 bits per heavy atom. The van der Waals surface area contributed by atoms with Crippen molar-refractivity contribution in [2.75, 3.05) is 23.3 Å². The number of furan rings is 1. The van der Waals surface area contributed by atoms with Gasteiger partial charge in [-0.15, -0.1) is 0 Å². The normalized spacial score (nSPS) is 15.1. The number of esters is 1. The molecule has 2 aromatic carbocycles. The molecule has 6 heteroatoms. The van der Waals surface area contributed by atoms with Gasteiger partial charge in [0, 0.05) is 29.9 Å². The Hall–Kier alpha value is -3.28. The lowest BCUT2D eigenvalue weighted by molar-refractivity contribution is -0.123. The number of amides is 1. The minimum atomic E-state index is -0.947. The van der Waals surface area contributed by atoms with E-state index in [9.17, 15) is 9.59 Å². The Kier molecular flexibility index (Phi) is 5.51. The molecule has 150 valence electrons. The van der Waals surface area contributed by atoms with E-state index in [0.717, 1.165) is 24.2 Å². The number of rotatable bonds is 5. The summed E-state index contributed by atoms with van der Waals surface area (Å²) in [6, 6.07) is 16.7. The van der Waals surface area contributed by atoms with E-state index in [1.54, 1.807) is 12.1 Å². The van der Waals surface area contributed by atoms with Gasteiger partial charge in [0.15, 0.2) is 6.10 Å². The lowest BCUT2D eigenvalue weighted by Crippen LogP contribution is -2.30. The third-order valence-corrected chi connectivity index (χ3v) is 5.14. The first-order valence-corrected chi connectivity index (χ1v) is 9.95. The van der Waals surface area contributed by atoms with Gasteiger partial charge in [0.1, 0.15) is 5.58 Å². The Labute approximate surface area is 169 Å². The molecule has 0 bridgehead atoms. The maximum absolute atomic E-state index is 12.4. The standard InChI is InChI=1S/C23H24N2O4/c1-16(28-23(27)21-15-17-7-3-4-8-20(17)29-21)22(26)24-18-9-11-19(12-10-18)25-13-5-2-6-14-25/h3-4,7-12,15-16H,2,5-6,13-14H2,1H3,(H,24,26)/t16-/m1/s1. The first-order chi connectivity index (χ1) is 14.1. The van der Waals surface area contributed by atoms with Gasteiger partial charge in [-0.2, -0.15) is 0 Å². The van der Waals surface area contributed by atoms with Gasteiger partial charge in [-0.25, -0.2) is 4.79 Å². The van der Waals surface area contributed by atoms with Crippen LogP contribution in [-0.2, 0) is 9.53 Å². The highest BCUT2D eigenvalue weighted by Gasteiger charge is 2.22. The highest BCUT2D eigenvalue weighted by Crippen LogP contribution is 2.22. The van der Waals surface area contributed by atoms with Gasteiger partial charge >= 0.3 is 5.97 Å². The molecule has 0 radical (unpaired) electrons. The van der Waals surface area contributed by atoms with Crippen molar-refractivity contribution in [3.8, 4) is 0 Å². The summed E-state index contributed by atoms with van der Waals surface area (Å²) in [7, 11) is 0. The largest absolute Gasteiger partial charge is 0.449 e. The fourth-order valence-electron chi connectivity index (χ4n) is 3.51. The average Bonchev–Trinajstić information content (AvgIpc) is 3.19. The molecule has 1 aliphatic heterocycles. The van der Waals surface area contributed by atoms with Gasteiger partial charge in [0.05, 0.1) is 0 Å². The van der Waals surface area contributed by atoms with Gasteiger partial charge in [-0.05, 0) is 62.6 Å². The van der Waals surface area contributed by atoms with Gasteiger partial charge in [-0.1, -0.05) is 18.2 Å². The molecule has 1 N–H and O–H groups in total. The Morgan fingerprint density at radius 1 is 1.03 bits per heavy atom. The van der Waals surface area contributed by atoms with E-state index in [1.807, 2.05) is 42.5 Å². The molecule has 0 aliphatic carbocycles. The molecular formula is C23H24N2O4. The van der Waals surface area contributed by atoms with Crippen molar-refractivity contribution in [3.05, 3.63) is 60.4 Å². The summed E-state index contributed by atoms with van der Waals surface area (Å²) in [6.07, 6.45) is 2.77. The zero-order valence-corrected chi connectivity index (χ0v) is 16.4. The molecule has 1 aromatic heterocycles. The molecule has 4 rings (SSSR count). The molecule has 1 aliphatic rings. The molecule has 6 nitrogen and oxygen atoms in total. The first kappa shape index (κ1) is 19.1. The molecule has 2 heterocycles. The Bertz CT molecular complexity index is 970. The van der Waals surface area contributed by atoms with Crippen molar-refractivity contribution in [1.29, 1.82) is 0 Å². The summed E-state index contributed by atoms with van der Waals surface area (Å²) in [5.41, 5.74) is 2.43. The van der Waals surface area contributed by atoms with E-state index in [2.05, 4.69) is 10.2 Å². The van der Waals surface area contributed by atoms with Gasteiger partial charge in [-0.3, -0.25) is 4.79 Å². The quantitative estimate of drug-likeness (QED) is 0.642. The molecule has 0 spiro atoms. The zero-order valence-electron chi connectivity index (χ0n) is 16.4. The van der Waals surface area contributed by atoms with E-state index >= 15 is 0 Å². The molecule has 1 saturated heterocycles. The SMILES string of the molecule is C[C@@H](OC(=O)c1cc2ccccc2o1)C(=O)Nc1ccc(N2CCCCC2)cc1. The third-order valence-electron chi connectivity index (χ3n) is 5.14. The minimum Gasteiger partial charge on any atom is -0.449 e. The number of nitrogens with zero attached hydrogens (tertiary/aromatic N) is 1. The number of anilines is 2. The number of hydrogen-bond donors (Lipinski definition) is 1. The highest BCUT2D eigenvalue weighted by atomic mass is 16.6. The third kappa shape index (κ3) is 4.42. The topological polar surface area (TPSA) is 71.8 Å². The number of carbonyl (C=O) groups excluding carboxylic acids is 2. The first-order valence-electron chi connectivity index (χ1n) is 9.95. The summed E-state index contributed by atoms with van der Waals surface area (Å²) in [4.78, 5) is 27.1. The van der Waals surface area contributed by atoms with Crippen LogP contribution in [0, 0.1) is 0 Å². The van der Waals surface area contributed by atoms with E-state index in [4.69, 9.17) is 9.15 Å². The van der Waals surface area contributed by atoms with Crippen LogP contribution in [0.3, 0.4) is 0 Å². The molecule has 1 amide bonds. The van der Waals surface area contributed by atoms with E-state index in [1.165, 1.54) is 26.2 Å². The number of carbonyl (C=O) groups is 2. The number of para-hydroxylation sites is 1. The summed E-state index contributed by atoms with van der Waals surface area (Å²) >= 11 is 0. The minimum absolute atomic E-state index is 0.0803. The number of piperidine rings is 1. The lowest BCUT2D eigenvalue weighted by atomic mass is 10.1. The van der Waals surface area contributed by atoms with Crippen LogP contribution in [0.2, 0.25) is 0 Å². The van der Waals surface area contributed by atoms with Crippen LogP contribution >= 0.6 is 0 Å². The molecule has 1 atom stereocenters. The van der Waals surface area contributed by atoms with Crippen molar-refractivity contribution in [2.45, 2.75) is 32.3 Å². The number of hydrogen-bond acceptors (Lipinski definition) is 5. The van der Waals surface area contributed by atoms with Crippen molar-refractivity contribution >= 4 is 34.2 Å². The van der Waals surface area contributed by atoms with Crippen molar-refractivity contribution in [1.82, 2.24) is 0 Å². The maximum atomic E-state index is 12.4. The molecule has 1 fully saturated rings. The molecule has 29 heavy (non-hydrogen) atoms. The summed E-state index contributed by atoms with van der Waals surface area (Å²) in [5.74, 6) is -0.971. The molecule has 0 saturated carbocycles. The van der Waals surface area contributed by atoms with Gasteiger partial charge in [0.25, 0.3) is 5.91 Å². The summed E-state index contributed by atoms with van der Waals surface area (Å²) < 4.78 is 10.8. The number of benzene rings is 2. The number of nitrogens with one attached hydrogen (secondary N) is 1. The summed E-state index contributed by atoms with van der Waals surface area (Å²) in [6.45, 7) is 3.68. The molecular weight excluding hydrogens is 368 g/mol. The fourth-order valence-corrected chi connectivity index (χ4v) is 3.51. The smallest absolute Gasteiger partial charge is 0.375 e. The van der Waals surface area contributed by atoms with E-state index in [-0.39, 0.29) is 11.7 Å². The zero-order chi connectivity index (χ0) is 20.2. The van der Waals surface area contributed by atoms with Crippen molar-refractivity contribution in [2.24, 2.45) is 0 Å². The van der Waals surface area contributed by atoms with E-state index < -0.39 is 12.1 Å². The van der Waals surface area contributed by atoms with Crippen LogP contribution in [0.5, 0.6) is 0 Å². The lowest BCUT2D eigenvalue weighted by Gasteiger charge is -2.28. The molecule has 3 aromatic rings. The van der Waals surface area contributed by atoms with Crippen LogP contribution in [0.15, 0.2) is 59.0 Å². The highest BCUT2D eigenvalue weighted by molar-refractivity contribution is 5.98. The second-order valence-electron chi connectivity index (χ2n) is 7.28. The second kappa shape index (κ2) is 8.39. The van der Waals surface area contributed by atoms with Crippen LogP contribution < -0.4 is 10.2 Å². The predicted molar refractivity (Wildman–Crippen MR) is 112 cm³/mol. The predicted octanol–water partition coefficient (Wildman–Crippen LogP) is 4.61. The van der Waals surface area contributed by atoms with Crippen molar-refractivity contribution < 1.29 is 18.7 Å². The maximum Gasteiger partial charge on any atom is 0.375 e. The van der Waals surface area contributed by atoms with E-state index in [0.29, 0.717) is 11.3 Å². The average molecular weight is 392 g/mol.